The van der Waals surface area contributed by atoms with E-state index in [4.69, 9.17) is 0 Å². The first kappa shape index (κ1) is 15.8. The van der Waals surface area contributed by atoms with Crippen molar-refractivity contribution in [3.63, 3.8) is 0 Å². The van der Waals surface area contributed by atoms with E-state index in [1.165, 1.54) is 0 Å². The summed E-state index contributed by atoms with van der Waals surface area (Å²) in [6, 6.07) is 3.91. The van der Waals surface area contributed by atoms with Crippen LogP contribution in [0.5, 0.6) is 0 Å². The molecule has 1 unspecified atom stereocenters. The van der Waals surface area contributed by atoms with Crippen LogP contribution in [-0.4, -0.2) is 24.8 Å². The van der Waals surface area contributed by atoms with Gasteiger partial charge in [0.05, 0.1) is 16.5 Å². The minimum absolute atomic E-state index is 0.0348. The number of halogens is 1. The van der Waals surface area contributed by atoms with Crippen LogP contribution in [0.2, 0.25) is 0 Å². The molecule has 18 heavy (non-hydrogen) atoms. The highest BCUT2D eigenvalue weighted by Crippen LogP contribution is 2.26. The SMILES string of the molecule is CCN([C@H](C)c1cc(Br)ccn1)S(=O)C(C)(C)C. The van der Waals surface area contributed by atoms with Crippen molar-refractivity contribution in [3.05, 3.63) is 28.5 Å². The molecule has 0 aliphatic heterocycles. The molecule has 0 aromatic carbocycles. The minimum Gasteiger partial charge on any atom is -0.260 e. The van der Waals surface area contributed by atoms with E-state index in [1.54, 1.807) is 6.20 Å². The van der Waals surface area contributed by atoms with Crippen LogP contribution < -0.4 is 0 Å². The summed E-state index contributed by atoms with van der Waals surface area (Å²) in [7, 11) is -1.03. The van der Waals surface area contributed by atoms with Gasteiger partial charge in [-0.25, -0.2) is 8.51 Å². The van der Waals surface area contributed by atoms with Gasteiger partial charge in [0.1, 0.15) is 11.0 Å². The van der Waals surface area contributed by atoms with Crippen LogP contribution in [-0.2, 0) is 11.0 Å². The molecule has 1 aromatic heterocycles. The average molecular weight is 333 g/mol. The summed E-state index contributed by atoms with van der Waals surface area (Å²) < 4.78 is 15.2. The number of hydrogen-bond donors (Lipinski definition) is 0. The quantitative estimate of drug-likeness (QED) is 0.842. The van der Waals surface area contributed by atoms with E-state index in [2.05, 4.69) is 20.9 Å². The predicted octanol–water partition coefficient (Wildman–Crippen LogP) is 3.69. The molecule has 0 N–H and O–H groups in total. The maximum Gasteiger partial charge on any atom is 0.100 e. The Hall–Kier alpha value is -0.260. The molecule has 3 nitrogen and oxygen atoms in total. The number of rotatable bonds is 4. The molecule has 0 radical (unpaired) electrons. The second kappa shape index (κ2) is 6.26. The van der Waals surface area contributed by atoms with Crippen molar-refractivity contribution in [1.82, 2.24) is 9.29 Å². The Morgan fingerprint density at radius 2 is 2.11 bits per heavy atom. The van der Waals surface area contributed by atoms with Gasteiger partial charge in [0.2, 0.25) is 0 Å². The number of pyridine rings is 1. The van der Waals surface area contributed by atoms with E-state index >= 15 is 0 Å². The van der Waals surface area contributed by atoms with E-state index in [0.29, 0.717) is 0 Å². The van der Waals surface area contributed by atoms with Crippen LogP contribution in [0.3, 0.4) is 0 Å². The molecule has 0 saturated carbocycles. The summed E-state index contributed by atoms with van der Waals surface area (Å²) in [5.41, 5.74) is 0.934. The first-order valence-corrected chi connectivity index (χ1v) is 7.97. The van der Waals surface area contributed by atoms with E-state index in [9.17, 15) is 4.21 Å². The Labute approximate surface area is 121 Å². The molecule has 0 aliphatic rings. The van der Waals surface area contributed by atoms with Crippen molar-refractivity contribution >= 4 is 26.9 Å². The highest BCUT2D eigenvalue weighted by Gasteiger charge is 2.29. The van der Waals surface area contributed by atoms with Crippen LogP contribution in [0.4, 0.5) is 0 Å². The van der Waals surface area contributed by atoms with Crippen LogP contribution in [0, 0.1) is 0 Å². The third-order valence-corrected chi connectivity index (χ3v) is 5.19. The molecular weight excluding hydrogens is 312 g/mol. The second-order valence-electron chi connectivity index (χ2n) is 5.17. The van der Waals surface area contributed by atoms with Crippen LogP contribution >= 0.6 is 15.9 Å². The van der Waals surface area contributed by atoms with Gasteiger partial charge in [-0.2, -0.15) is 0 Å². The van der Waals surface area contributed by atoms with E-state index in [1.807, 2.05) is 51.1 Å². The highest BCUT2D eigenvalue weighted by atomic mass is 79.9. The third-order valence-electron chi connectivity index (χ3n) is 2.65. The zero-order chi connectivity index (χ0) is 13.9. The molecule has 102 valence electrons. The minimum atomic E-state index is -1.03. The zero-order valence-electron chi connectivity index (χ0n) is 11.6. The first-order valence-electron chi connectivity index (χ1n) is 6.07. The Balaban J connectivity index is 2.99. The molecule has 0 bridgehead atoms. The number of hydrogen-bond acceptors (Lipinski definition) is 2. The lowest BCUT2D eigenvalue weighted by atomic mass is 10.2. The van der Waals surface area contributed by atoms with Gasteiger partial charge in [0, 0.05) is 17.2 Å². The summed E-state index contributed by atoms with van der Waals surface area (Å²) in [5, 5.41) is 0. The summed E-state index contributed by atoms with van der Waals surface area (Å²) >= 11 is 3.44. The van der Waals surface area contributed by atoms with Crippen molar-refractivity contribution < 1.29 is 4.21 Å². The molecule has 1 heterocycles. The smallest absolute Gasteiger partial charge is 0.100 e. The van der Waals surface area contributed by atoms with Gasteiger partial charge in [0.25, 0.3) is 0 Å². The largest absolute Gasteiger partial charge is 0.260 e. The molecule has 2 atom stereocenters. The summed E-state index contributed by atoms with van der Waals surface area (Å²) in [6.45, 7) is 10.8. The van der Waals surface area contributed by atoms with Gasteiger partial charge in [-0.1, -0.05) is 22.9 Å². The number of nitrogens with zero attached hydrogens (tertiary/aromatic N) is 2. The van der Waals surface area contributed by atoms with Gasteiger partial charge in [-0.15, -0.1) is 0 Å². The summed E-state index contributed by atoms with van der Waals surface area (Å²) in [5.74, 6) is 0. The fourth-order valence-corrected chi connectivity index (χ4v) is 3.37. The first-order chi connectivity index (χ1) is 8.27. The van der Waals surface area contributed by atoms with Gasteiger partial charge < -0.3 is 0 Å². The second-order valence-corrected chi connectivity index (χ2v) is 8.28. The van der Waals surface area contributed by atoms with Crippen molar-refractivity contribution in [1.29, 1.82) is 0 Å². The lowest BCUT2D eigenvalue weighted by Gasteiger charge is -2.32. The fourth-order valence-electron chi connectivity index (χ4n) is 1.68. The topological polar surface area (TPSA) is 33.2 Å². The predicted molar refractivity (Wildman–Crippen MR) is 80.6 cm³/mol. The lowest BCUT2D eigenvalue weighted by molar-refractivity contribution is 0.366. The van der Waals surface area contributed by atoms with E-state index in [-0.39, 0.29) is 10.8 Å². The maximum absolute atomic E-state index is 12.5. The zero-order valence-corrected chi connectivity index (χ0v) is 14.0. The maximum atomic E-state index is 12.5. The average Bonchev–Trinajstić information content (AvgIpc) is 2.28. The van der Waals surface area contributed by atoms with Gasteiger partial charge in [0.15, 0.2) is 0 Å². The Morgan fingerprint density at radius 1 is 1.50 bits per heavy atom. The van der Waals surface area contributed by atoms with Crippen molar-refractivity contribution in [2.45, 2.75) is 45.4 Å². The highest BCUT2D eigenvalue weighted by molar-refractivity contribution is 9.10. The van der Waals surface area contributed by atoms with Crippen molar-refractivity contribution in [2.75, 3.05) is 6.54 Å². The van der Waals surface area contributed by atoms with Crippen molar-refractivity contribution in [2.24, 2.45) is 0 Å². The molecule has 0 fully saturated rings. The molecular formula is C13H21BrN2OS. The summed E-state index contributed by atoms with van der Waals surface area (Å²) in [4.78, 5) is 4.37. The lowest BCUT2D eigenvalue weighted by Crippen LogP contribution is -2.39. The van der Waals surface area contributed by atoms with E-state index < -0.39 is 11.0 Å². The monoisotopic (exact) mass is 332 g/mol. The van der Waals surface area contributed by atoms with Gasteiger partial charge in [-0.3, -0.25) is 4.98 Å². The van der Waals surface area contributed by atoms with Crippen LogP contribution in [0.25, 0.3) is 0 Å². The van der Waals surface area contributed by atoms with E-state index in [0.717, 1.165) is 16.7 Å². The fraction of sp³-hybridized carbons (Fsp3) is 0.615. The molecule has 1 aromatic rings. The molecule has 0 saturated heterocycles. The van der Waals surface area contributed by atoms with Gasteiger partial charge in [-0.05, 0) is 39.8 Å². The Bertz CT molecular complexity index is 431. The Morgan fingerprint density at radius 3 is 2.56 bits per heavy atom. The summed E-state index contributed by atoms with van der Waals surface area (Å²) in [6.07, 6.45) is 1.77. The molecule has 5 heteroatoms. The third kappa shape index (κ3) is 3.87. The van der Waals surface area contributed by atoms with Crippen molar-refractivity contribution in [3.8, 4) is 0 Å². The molecule has 0 amide bonds. The number of aromatic nitrogens is 1. The Kier molecular flexibility index (Phi) is 5.49. The molecule has 0 aliphatic carbocycles. The van der Waals surface area contributed by atoms with Gasteiger partial charge >= 0.3 is 0 Å². The van der Waals surface area contributed by atoms with Crippen LogP contribution in [0.1, 0.15) is 46.4 Å². The molecule has 1 rings (SSSR count). The normalized spacial score (nSPS) is 15.7. The van der Waals surface area contributed by atoms with Crippen LogP contribution in [0.15, 0.2) is 22.8 Å². The standard InChI is InChI=1S/C13H21BrN2OS/c1-6-16(18(17)13(3,4)5)10(2)12-9-11(14)7-8-15-12/h7-10H,6H2,1-5H3/t10-,18?/m1/s1. The molecule has 0 spiro atoms.